The highest BCUT2D eigenvalue weighted by atomic mass is 79.9. The average molecular weight is 558 g/mol. The van der Waals surface area contributed by atoms with Crippen LogP contribution in [0.4, 0.5) is 0 Å². The summed E-state index contributed by atoms with van der Waals surface area (Å²) in [4.78, 5) is 17.1. The first kappa shape index (κ1) is 25.1. The van der Waals surface area contributed by atoms with E-state index in [9.17, 15) is 23.6 Å². The van der Waals surface area contributed by atoms with Gasteiger partial charge in [-0.05, 0) is 74.6 Å². The topological polar surface area (TPSA) is 122 Å². The second kappa shape index (κ2) is 9.93. The summed E-state index contributed by atoms with van der Waals surface area (Å²) < 4.78 is 34.6. The molecule has 0 unspecified atom stereocenters. The van der Waals surface area contributed by atoms with Gasteiger partial charge in [0, 0.05) is 4.47 Å². The minimum Gasteiger partial charge on any atom is -0.492 e. The highest BCUT2D eigenvalue weighted by Gasteiger charge is 2.38. The molecule has 1 atom stereocenters. The number of ether oxygens (including phenoxy) is 1. The summed E-state index contributed by atoms with van der Waals surface area (Å²) in [5.41, 5.74) is 0.247. The molecule has 0 aliphatic heterocycles. The Labute approximate surface area is 211 Å². The van der Waals surface area contributed by atoms with Crippen molar-refractivity contribution in [1.29, 1.82) is 5.26 Å². The summed E-state index contributed by atoms with van der Waals surface area (Å²) in [6.45, 7) is 3.55. The minimum atomic E-state index is -4.38. The maximum Gasteiger partial charge on any atom is 0.277 e. The van der Waals surface area contributed by atoms with Crippen LogP contribution in [0.2, 0.25) is 0 Å². The zero-order valence-corrected chi connectivity index (χ0v) is 21.6. The molecule has 0 spiro atoms. The number of aromatic hydroxyl groups is 1. The van der Waals surface area contributed by atoms with Gasteiger partial charge in [-0.1, -0.05) is 28.1 Å². The van der Waals surface area contributed by atoms with E-state index in [4.69, 9.17) is 4.74 Å². The summed E-state index contributed by atoms with van der Waals surface area (Å²) in [6, 6.07) is 14.2. The van der Waals surface area contributed by atoms with Crippen molar-refractivity contribution >= 4 is 25.8 Å². The van der Waals surface area contributed by atoms with Gasteiger partial charge in [0.1, 0.15) is 12.4 Å². The van der Waals surface area contributed by atoms with Crippen molar-refractivity contribution in [2.45, 2.75) is 55.2 Å². The van der Waals surface area contributed by atoms with Crippen molar-refractivity contribution in [2.24, 2.45) is 5.92 Å². The number of sulfone groups is 1. The van der Waals surface area contributed by atoms with Gasteiger partial charge in [-0.2, -0.15) is 10.2 Å². The van der Waals surface area contributed by atoms with E-state index in [1.54, 1.807) is 36.4 Å². The number of aromatic nitrogens is 2. The van der Waals surface area contributed by atoms with Gasteiger partial charge >= 0.3 is 0 Å². The van der Waals surface area contributed by atoms with Crippen molar-refractivity contribution < 1.29 is 18.3 Å². The largest absolute Gasteiger partial charge is 0.492 e. The number of nitriles is 1. The fourth-order valence-electron chi connectivity index (χ4n) is 3.98. The molecule has 1 N–H and O–H groups in total. The average Bonchev–Trinajstić information content (AvgIpc) is 3.65. The van der Waals surface area contributed by atoms with Gasteiger partial charge in [0.25, 0.3) is 5.56 Å². The molecule has 1 aliphatic rings. The van der Waals surface area contributed by atoms with E-state index in [1.165, 1.54) is 16.7 Å². The molecule has 1 aromatic heterocycles. The summed E-state index contributed by atoms with van der Waals surface area (Å²) in [7, 11) is -4.38. The van der Waals surface area contributed by atoms with Crippen LogP contribution >= 0.6 is 15.9 Å². The first-order chi connectivity index (χ1) is 16.6. The number of nitrogens with zero attached hydrogens (tertiary/aromatic N) is 3. The van der Waals surface area contributed by atoms with Gasteiger partial charge in [-0.15, -0.1) is 0 Å². The fraction of sp³-hybridized carbons (Fsp3) is 0.320. The van der Waals surface area contributed by atoms with Crippen LogP contribution < -0.4 is 5.56 Å². The fourth-order valence-corrected chi connectivity index (χ4v) is 5.59. The zero-order chi connectivity index (χ0) is 25.3. The molecule has 4 rings (SSSR count). The van der Waals surface area contributed by atoms with Crippen LogP contribution in [0.25, 0.3) is 0 Å². The summed E-state index contributed by atoms with van der Waals surface area (Å²) in [5.74, 6) is -0.693. The Morgan fingerprint density at radius 3 is 2.51 bits per heavy atom. The number of hydrogen-bond donors (Lipinski definition) is 1. The van der Waals surface area contributed by atoms with Gasteiger partial charge < -0.3 is 9.84 Å². The van der Waals surface area contributed by atoms with Gasteiger partial charge in [0.2, 0.25) is 15.7 Å². The molecule has 35 heavy (non-hydrogen) atoms. The SMILES string of the molecule is CC(C)OCc1nc(O)c(S(=O)(=O)c2ccc(Br)cc2)c(=O)n1[C@H](c1cccc(C#N)c1)C1CC1. The van der Waals surface area contributed by atoms with Crippen LogP contribution in [-0.2, 0) is 21.2 Å². The number of hydrogen-bond acceptors (Lipinski definition) is 7. The highest BCUT2D eigenvalue weighted by Crippen LogP contribution is 2.44. The molecular weight excluding hydrogens is 534 g/mol. The van der Waals surface area contributed by atoms with E-state index in [-0.39, 0.29) is 29.3 Å². The van der Waals surface area contributed by atoms with Crippen LogP contribution in [0.5, 0.6) is 5.88 Å². The molecule has 1 aliphatic carbocycles. The van der Waals surface area contributed by atoms with Crippen LogP contribution in [0.1, 0.15) is 49.7 Å². The smallest absolute Gasteiger partial charge is 0.277 e. The second-order valence-electron chi connectivity index (χ2n) is 8.69. The first-order valence-electron chi connectivity index (χ1n) is 11.1. The Morgan fingerprint density at radius 2 is 1.91 bits per heavy atom. The molecule has 2 aromatic carbocycles. The third kappa shape index (κ3) is 5.17. The standard InChI is InChI=1S/C25H24BrN3O5S/c1-15(2)34-14-21-28-24(30)23(35(32,33)20-10-8-19(26)9-11-20)25(31)29(21)22(17-6-7-17)18-5-3-4-16(12-18)13-27/h3-5,8-12,15,17,22,30H,6-7,14H2,1-2H3/t22-/m0/s1. The van der Waals surface area contributed by atoms with E-state index in [0.717, 1.165) is 12.8 Å². The number of benzene rings is 2. The van der Waals surface area contributed by atoms with E-state index in [1.807, 2.05) is 13.8 Å². The zero-order valence-electron chi connectivity index (χ0n) is 19.2. The number of rotatable bonds is 8. The molecular formula is C25H24BrN3O5S. The molecule has 0 radical (unpaired) electrons. The maximum atomic E-state index is 13.9. The third-order valence-electron chi connectivity index (χ3n) is 5.77. The molecule has 1 heterocycles. The van der Waals surface area contributed by atoms with Crippen LogP contribution in [0.15, 0.2) is 67.6 Å². The lowest BCUT2D eigenvalue weighted by atomic mass is 9.99. The predicted molar refractivity (Wildman–Crippen MR) is 132 cm³/mol. The lowest BCUT2D eigenvalue weighted by Gasteiger charge is -2.25. The van der Waals surface area contributed by atoms with Crippen molar-refractivity contribution in [3.8, 4) is 11.9 Å². The summed E-state index contributed by atoms with van der Waals surface area (Å²) in [5, 5.41) is 20.1. The monoisotopic (exact) mass is 557 g/mol. The quantitative estimate of drug-likeness (QED) is 0.437. The van der Waals surface area contributed by atoms with E-state index in [2.05, 4.69) is 27.0 Å². The predicted octanol–water partition coefficient (Wildman–Crippen LogP) is 4.34. The normalized spacial score (nSPS) is 14.6. The van der Waals surface area contributed by atoms with E-state index in [0.29, 0.717) is 15.6 Å². The van der Waals surface area contributed by atoms with Crippen molar-refractivity contribution in [2.75, 3.05) is 0 Å². The summed E-state index contributed by atoms with van der Waals surface area (Å²) >= 11 is 3.27. The van der Waals surface area contributed by atoms with Gasteiger partial charge in [-0.3, -0.25) is 9.36 Å². The highest BCUT2D eigenvalue weighted by molar-refractivity contribution is 9.10. The molecule has 0 bridgehead atoms. The molecule has 0 saturated heterocycles. The van der Waals surface area contributed by atoms with Crippen molar-refractivity contribution in [3.63, 3.8) is 0 Å². The van der Waals surface area contributed by atoms with Gasteiger partial charge in [0.05, 0.1) is 28.7 Å². The van der Waals surface area contributed by atoms with Gasteiger partial charge in [0.15, 0.2) is 4.90 Å². The van der Waals surface area contributed by atoms with Crippen LogP contribution in [0.3, 0.4) is 0 Å². The molecule has 1 fully saturated rings. The molecule has 8 nitrogen and oxygen atoms in total. The molecule has 1 saturated carbocycles. The Bertz CT molecular complexity index is 1460. The molecule has 3 aromatic rings. The van der Waals surface area contributed by atoms with Crippen LogP contribution in [-0.4, -0.2) is 29.2 Å². The Hall–Kier alpha value is -3.00. The van der Waals surface area contributed by atoms with E-state index >= 15 is 0 Å². The number of halogens is 1. The molecule has 182 valence electrons. The Kier molecular flexibility index (Phi) is 7.12. The van der Waals surface area contributed by atoms with E-state index < -0.39 is 32.2 Å². The summed E-state index contributed by atoms with van der Waals surface area (Å²) in [6.07, 6.45) is 1.47. The second-order valence-corrected chi connectivity index (χ2v) is 11.5. The Balaban J connectivity index is 1.97. The third-order valence-corrected chi connectivity index (χ3v) is 8.09. The molecule has 10 heteroatoms. The lowest BCUT2D eigenvalue weighted by Crippen LogP contribution is -2.35. The van der Waals surface area contributed by atoms with Crippen LogP contribution in [0, 0.1) is 17.2 Å². The van der Waals surface area contributed by atoms with Crippen molar-refractivity contribution in [3.05, 3.63) is 80.3 Å². The molecule has 0 amide bonds. The lowest BCUT2D eigenvalue weighted by molar-refractivity contribution is 0.0571. The first-order valence-corrected chi connectivity index (χ1v) is 13.4. The maximum absolute atomic E-state index is 13.9. The Morgan fingerprint density at radius 1 is 1.23 bits per heavy atom. The van der Waals surface area contributed by atoms with Gasteiger partial charge in [-0.25, -0.2) is 8.42 Å². The van der Waals surface area contributed by atoms with Crippen molar-refractivity contribution in [1.82, 2.24) is 9.55 Å². The minimum absolute atomic E-state index is 0.0500.